The van der Waals surface area contributed by atoms with Crippen LogP contribution in [0.2, 0.25) is 0 Å². The van der Waals surface area contributed by atoms with Gasteiger partial charge < -0.3 is 4.74 Å². The topological polar surface area (TPSA) is 9.23 Å². The molecule has 0 saturated carbocycles. The van der Waals surface area contributed by atoms with Gasteiger partial charge in [0.1, 0.15) is 0 Å². The molecule has 1 nitrogen and oxygen atoms in total. The highest BCUT2D eigenvalue weighted by atomic mass is 19.4. The fraction of sp³-hybridized carbons (Fsp3) is 1.00. The smallest absolute Gasteiger partial charge is 0.369 e. The molecule has 0 fully saturated rings. The van der Waals surface area contributed by atoms with Crippen LogP contribution in [-0.4, -0.2) is 18.9 Å². The van der Waals surface area contributed by atoms with Crippen molar-refractivity contribution in [2.75, 3.05) is 6.61 Å². The van der Waals surface area contributed by atoms with Crippen molar-refractivity contribution in [3.63, 3.8) is 0 Å². The second-order valence-electron chi connectivity index (χ2n) is 4.58. The zero-order chi connectivity index (χ0) is 11.4. The summed E-state index contributed by atoms with van der Waals surface area (Å²) in [7, 11) is 0. The van der Waals surface area contributed by atoms with Crippen LogP contribution in [0.15, 0.2) is 0 Å². The zero-order valence-electron chi connectivity index (χ0n) is 9.24. The minimum absolute atomic E-state index is 0.0425. The van der Waals surface area contributed by atoms with Crippen LogP contribution in [0.3, 0.4) is 0 Å². The Bertz CT molecular complexity index is 158. The average molecular weight is 212 g/mol. The number of halogens is 3. The first-order valence-corrected chi connectivity index (χ1v) is 4.85. The van der Waals surface area contributed by atoms with Crippen LogP contribution >= 0.6 is 0 Å². The van der Waals surface area contributed by atoms with Crippen LogP contribution in [-0.2, 0) is 4.74 Å². The summed E-state index contributed by atoms with van der Waals surface area (Å²) in [5.74, 6) is 0. The van der Waals surface area contributed by atoms with Gasteiger partial charge in [0.15, 0.2) is 6.10 Å². The van der Waals surface area contributed by atoms with Gasteiger partial charge in [0.05, 0.1) is 0 Å². The fourth-order valence-electron chi connectivity index (χ4n) is 1.11. The molecule has 0 radical (unpaired) electrons. The largest absolute Gasteiger partial charge is 0.414 e. The predicted molar refractivity (Wildman–Crippen MR) is 50.2 cm³/mol. The van der Waals surface area contributed by atoms with Crippen molar-refractivity contribution in [3.05, 3.63) is 0 Å². The van der Waals surface area contributed by atoms with E-state index in [0.717, 1.165) is 0 Å². The third kappa shape index (κ3) is 6.24. The molecule has 0 aromatic heterocycles. The lowest BCUT2D eigenvalue weighted by Gasteiger charge is -2.24. The van der Waals surface area contributed by atoms with Gasteiger partial charge >= 0.3 is 6.18 Å². The molecule has 86 valence electrons. The molecular formula is C10H19F3O. The third-order valence-corrected chi connectivity index (χ3v) is 1.89. The molecule has 0 aromatic rings. The predicted octanol–water partition coefficient (Wildman–Crippen LogP) is 3.78. The maximum atomic E-state index is 12.4. The SMILES string of the molecule is CCOC(CCC(C)(C)C)C(F)(F)F. The molecule has 0 spiro atoms. The highest BCUT2D eigenvalue weighted by molar-refractivity contribution is 4.72. The normalized spacial score (nSPS) is 15.6. The summed E-state index contributed by atoms with van der Waals surface area (Å²) in [4.78, 5) is 0. The number of alkyl halides is 3. The van der Waals surface area contributed by atoms with E-state index in [0.29, 0.717) is 6.42 Å². The number of ether oxygens (including phenoxy) is 1. The van der Waals surface area contributed by atoms with E-state index >= 15 is 0 Å². The molecule has 0 saturated heterocycles. The Morgan fingerprint density at radius 1 is 1.14 bits per heavy atom. The van der Waals surface area contributed by atoms with Crippen molar-refractivity contribution < 1.29 is 17.9 Å². The Morgan fingerprint density at radius 3 is 1.93 bits per heavy atom. The fourth-order valence-corrected chi connectivity index (χ4v) is 1.11. The number of hydrogen-bond acceptors (Lipinski definition) is 1. The molecule has 0 heterocycles. The Balaban J connectivity index is 4.12. The summed E-state index contributed by atoms with van der Waals surface area (Å²) in [6, 6.07) is 0. The summed E-state index contributed by atoms with van der Waals surface area (Å²) in [5.41, 5.74) is -0.0827. The second-order valence-corrected chi connectivity index (χ2v) is 4.58. The van der Waals surface area contributed by atoms with E-state index in [-0.39, 0.29) is 18.4 Å². The van der Waals surface area contributed by atoms with Crippen molar-refractivity contribution in [1.82, 2.24) is 0 Å². The summed E-state index contributed by atoms with van der Waals surface area (Å²) in [6.07, 6.45) is -5.29. The third-order valence-electron chi connectivity index (χ3n) is 1.89. The highest BCUT2D eigenvalue weighted by Crippen LogP contribution is 2.30. The second kappa shape index (κ2) is 5.01. The molecular weight excluding hydrogens is 193 g/mol. The van der Waals surface area contributed by atoms with Gasteiger partial charge in [0.2, 0.25) is 0 Å². The van der Waals surface area contributed by atoms with Crippen LogP contribution in [0.5, 0.6) is 0 Å². The van der Waals surface area contributed by atoms with Gasteiger partial charge in [-0.2, -0.15) is 13.2 Å². The van der Waals surface area contributed by atoms with Gasteiger partial charge in [0.25, 0.3) is 0 Å². The van der Waals surface area contributed by atoms with Crippen molar-refractivity contribution >= 4 is 0 Å². The average Bonchev–Trinajstić information content (AvgIpc) is 1.93. The van der Waals surface area contributed by atoms with E-state index in [1.54, 1.807) is 6.92 Å². The molecule has 14 heavy (non-hydrogen) atoms. The molecule has 0 aliphatic rings. The molecule has 1 unspecified atom stereocenters. The van der Waals surface area contributed by atoms with Crippen LogP contribution in [0.1, 0.15) is 40.5 Å². The molecule has 0 aliphatic heterocycles. The van der Waals surface area contributed by atoms with Gasteiger partial charge in [0, 0.05) is 6.61 Å². The monoisotopic (exact) mass is 212 g/mol. The van der Waals surface area contributed by atoms with E-state index in [2.05, 4.69) is 4.74 Å². The van der Waals surface area contributed by atoms with E-state index in [1.165, 1.54) is 0 Å². The lowest BCUT2D eigenvalue weighted by molar-refractivity contribution is -0.222. The van der Waals surface area contributed by atoms with E-state index < -0.39 is 12.3 Å². The lowest BCUT2D eigenvalue weighted by Crippen LogP contribution is -2.32. The standard InChI is InChI=1S/C10H19F3O/c1-5-14-8(10(11,12)13)6-7-9(2,3)4/h8H,5-7H2,1-4H3. The van der Waals surface area contributed by atoms with Crippen molar-refractivity contribution in [2.45, 2.75) is 52.8 Å². The summed E-state index contributed by atoms with van der Waals surface area (Å²) in [6.45, 7) is 7.45. The Labute approximate surface area is 83.6 Å². The summed E-state index contributed by atoms with van der Waals surface area (Å²) >= 11 is 0. The van der Waals surface area contributed by atoms with E-state index in [4.69, 9.17) is 0 Å². The molecule has 0 N–H and O–H groups in total. The molecule has 0 aliphatic carbocycles. The van der Waals surface area contributed by atoms with E-state index in [1.807, 2.05) is 20.8 Å². The van der Waals surface area contributed by atoms with Gasteiger partial charge in [-0.1, -0.05) is 20.8 Å². The van der Waals surface area contributed by atoms with E-state index in [9.17, 15) is 13.2 Å². The van der Waals surface area contributed by atoms with Crippen molar-refractivity contribution in [1.29, 1.82) is 0 Å². The van der Waals surface area contributed by atoms with Gasteiger partial charge in [-0.25, -0.2) is 0 Å². The first kappa shape index (κ1) is 13.8. The minimum Gasteiger partial charge on any atom is -0.369 e. The summed E-state index contributed by atoms with van der Waals surface area (Å²) in [5, 5.41) is 0. The molecule has 1 atom stereocenters. The summed E-state index contributed by atoms with van der Waals surface area (Å²) < 4.78 is 41.7. The molecule has 0 amide bonds. The minimum atomic E-state index is -4.23. The maximum absolute atomic E-state index is 12.4. The van der Waals surface area contributed by atoms with Crippen molar-refractivity contribution in [3.8, 4) is 0 Å². The Hall–Kier alpha value is -0.250. The van der Waals surface area contributed by atoms with Crippen LogP contribution in [0.4, 0.5) is 13.2 Å². The first-order chi connectivity index (χ1) is 6.17. The molecule has 0 bridgehead atoms. The van der Waals surface area contributed by atoms with Crippen LogP contribution in [0, 0.1) is 5.41 Å². The highest BCUT2D eigenvalue weighted by Gasteiger charge is 2.40. The maximum Gasteiger partial charge on any atom is 0.414 e. The Kier molecular flexibility index (Phi) is 4.92. The van der Waals surface area contributed by atoms with Crippen molar-refractivity contribution in [2.24, 2.45) is 5.41 Å². The van der Waals surface area contributed by atoms with Gasteiger partial charge in [-0.3, -0.25) is 0 Å². The van der Waals surface area contributed by atoms with Gasteiger partial charge in [-0.15, -0.1) is 0 Å². The molecule has 0 rings (SSSR count). The Morgan fingerprint density at radius 2 is 1.64 bits per heavy atom. The molecule has 0 aromatic carbocycles. The van der Waals surface area contributed by atoms with Crippen LogP contribution < -0.4 is 0 Å². The van der Waals surface area contributed by atoms with Crippen LogP contribution in [0.25, 0.3) is 0 Å². The van der Waals surface area contributed by atoms with Gasteiger partial charge in [-0.05, 0) is 25.2 Å². The number of hydrogen-bond donors (Lipinski definition) is 0. The quantitative estimate of drug-likeness (QED) is 0.689. The number of rotatable bonds is 4. The molecule has 4 heteroatoms. The lowest BCUT2D eigenvalue weighted by atomic mass is 9.89. The first-order valence-electron chi connectivity index (χ1n) is 4.85. The zero-order valence-corrected chi connectivity index (χ0v) is 9.24.